The molecule has 3 N–H and O–H groups in total. The number of unbranched alkanes of at least 4 members (excludes halogenated alkanes) is 1. The standard InChI is InChI=1S/C24H25FN6O3/c1-3-4-11-31-22-20(23(33)30-24(31)34)28-21(29-22)17(12-15-7-5-6-8-18(15)25)19-10-9-16(13-26-19)27-14(2)32/h5-10,13,17H,3-4,11-12H2,1-2H3,(H,27,32)(H,28,29)(H,30,33,34). The second-order valence-electron chi connectivity index (χ2n) is 8.09. The van der Waals surface area contributed by atoms with Gasteiger partial charge in [-0.2, -0.15) is 0 Å². The maximum atomic E-state index is 14.5. The Morgan fingerprint density at radius 1 is 1.18 bits per heavy atom. The van der Waals surface area contributed by atoms with Crippen LogP contribution in [0, 0.1) is 5.82 Å². The van der Waals surface area contributed by atoms with Crippen molar-refractivity contribution in [3.05, 3.63) is 86.3 Å². The highest BCUT2D eigenvalue weighted by atomic mass is 19.1. The number of carbonyl (C=O) groups excluding carboxylic acids is 1. The molecule has 0 radical (unpaired) electrons. The van der Waals surface area contributed by atoms with Gasteiger partial charge in [-0.1, -0.05) is 31.5 Å². The van der Waals surface area contributed by atoms with Crippen molar-refractivity contribution in [2.24, 2.45) is 0 Å². The Labute approximate surface area is 194 Å². The van der Waals surface area contributed by atoms with E-state index in [-0.39, 0.29) is 29.3 Å². The number of halogens is 1. The molecule has 9 nitrogen and oxygen atoms in total. The van der Waals surface area contributed by atoms with Crippen molar-refractivity contribution in [3.63, 3.8) is 0 Å². The zero-order valence-electron chi connectivity index (χ0n) is 18.9. The Balaban J connectivity index is 1.83. The van der Waals surface area contributed by atoms with Gasteiger partial charge in [-0.25, -0.2) is 14.2 Å². The van der Waals surface area contributed by atoms with Crippen LogP contribution in [0.5, 0.6) is 0 Å². The van der Waals surface area contributed by atoms with E-state index in [0.29, 0.717) is 29.3 Å². The second-order valence-corrected chi connectivity index (χ2v) is 8.09. The third-order valence-corrected chi connectivity index (χ3v) is 5.56. The molecule has 176 valence electrons. The monoisotopic (exact) mass is 464 g/mol. The summed E-state index contributed by atoms with van der Waals surface area (Å²) in [7, 11) is 0. The van der Waals surface area contributed by atoms with Crippen LogP contribution in [0.3, 0.4) is 0 Å². The predicted molar refractivity (Wildman–Crippen MR) is 126 cm³/mol. The van der Waals surface area contributed by atoms with Crippen molar-refractivity contribution in [2.75, 3.05) is 5.32 Å². The number of H-pyrrole nitrogens is 2. The molecular weight excluding hydrogens is 439 g/mol. The summed E-state index contributed by atoms with van der Waals surface area (Å²) in [5, 5.41) is 2.66. The van der Waals surface area contributed by atoms with Crippen LogP contribution >= 0.6 is 0 Å². The van der Waals surface area contributed by atoms with Gasteiger partial charge < -0.3 is 10.3 Å². The summed E-state index contributed by atoms with van der Waals surface area (Å²) in [5.74, 6) is -0.737. The molecule has 0 aliphatic heterocycles. The van der Waals surface area contributed by atoms with E-state index in [9.17, 15) is 18.8 Å². The topological polar surface area (TPSA) is 126 Å². The van der Waals surface area contributed by atoms with E-state index >= 15 is 0 Å². The number of nitrogens with one attached hydrogen (secondary N) is 3. The number of nitrogens with zero attached hydrogens (tertiary/aromatic N) is 3. The molecule has 1 aromatic carbocycles. The van der Waals surface area contributed by atoms with Gasteiger partial charge in [-0.15, -0.1) is 0 Å². The Bertz CT molecular complexity index is 1440. The van der Waals surface area contributed by atoms with Crippen LogP contribution in [-0.4, -0.2) is 30.4 Å². The van der Waals surface area contributed by atoms with Crippen molar-refractivity contribution in [1.29, 1.82) is 0 Å². The van der Waals surface area contributed by atoms with Crippen molar-refractivity contribution in [3.8, 4) is 0 Å². The van der Waals surface area contributed by atoms with Crippen molar-refractivity contribution in [2.45, 2.75) is 45.6 Å². The molecule has 1 unspecified atom stereocenters. The van der Waals surface area contributed by atoms with Gasteiger partial charge in [-0.05, 0) is 36.6 Å². The molecule has 0 bridgehead atoms. The Kier molecular flexibility index (Phi) is 6.67. The number of aromatic amines is 2. The third kappa shape index (κ3) is 4.80. The number of hydrogen-bond donors (Lipinski definition) is 3. The van der Waals surface area contributed by atoms with Crippen molar-refractivity contribution in [1.82, 2.24) is 24.5 Å². The number of rotatable bonds is 8. The fraction of sp³-hybridized carbons (Fsp3) is 0.292. The molecule has 0 aliphatic rings. The van der Waals surface area contributed by atoms with E-state index in [1.165, 1.54) is 23.8 Å². The highest BCUT2D eigenvalue weighted by Crippen LogP contribution is 2.28. The highest BCUT2D eigenvalue weighted by Gasteiger charge is 2.24. The molecule has 4 rings (SSSR count). The maximum Gasteiger partial charge on any atom is 0.330 e. The molecule has 0 saturated carbocycles. The van der Waals surface area contributed by atoms with Crippen LogP contribution < -0.4 is 16.6 Å². The summed E-state index contributed by atoms with van der Waals surface area (Å²) in [4.78, 5) is 50.7. The summed E-state index contributed by atoms with van der Waals surface area (Å²) in [5.41, 5.74) is 0.894. The van der Waals surface area contributed by atoms with Gasteiger partial charge in [0.15, 0.2) is 5.65 Å². The van der Waals surface area contributed by atoms with Gasteiger partial charge in [0.25, 0.3) is 5.56 Å². The SMILES string of the molecule is CCCCn1c(=O)[nH]c(=O)c2[nH]c(C(Cc3ccccc3F)c3ccc(NC(C)=O)cn3)nc21. The van der Waals surface area contributed by atoms with Crippen LogP contribution in [0.25, 0.3) is 11.2 Å². The van der Waals surface area contributed by atoms with Gasteiger partial charge in [-0.3, -0.25) is 24.1 Å². The van der Waals surface area contributed by atoms with Gasteiger partial charge in [0.2, 0.25) is 5.91 Å². The molecule has 0 aliphatic carbocycles. The second kappa shape index (κ2) is 9.82. The molecule has 0 spiro atoms. The normalized spacial score (nSPS) is 12.1. The lowest BCUT2D eigenvalue weighted by atomic mass is 9.94. The van der Waals surface area contributed by atoms with E-state index in [4.69, 9.17) is 0 Å². The number of pyridine rings is 1. The molecule has 0 fully saturated rings. The third-order valence-electron chi connectivity index (χ3n) is 5.56. The number of aromatic nitrogens is 5. The lowest BCUT2D eigenvalue weighted by molar-refractivity contribution is -0.114. The first-order chi connectivity index (χ1) is 16.4. The average Bonchev–Trinajstić information content (AvgIpc) is 3.24. The zero-order chi connectivity index (χ0) is 24.2. The van der Waals surface area contributed by atoms with E-state index < -0.39 is 17.2 Å². The van der Waals surface area contributed by atoms with Crippen LogP contribution in [0.1, 0.15) is 49.7 Å². The first kappa shape index (κ1) is 23.1. The quantitative estimate of drug-likeness (QED) is 0.370. The molecule has 1 amide bonds. The Morgan fingerprint density at radius 3 is 2.65 bits per heavy atom. The summed E-state index contributed by atoms with van der Waals surface area (Å²) in [6.07, 6.45) is 3.34. The summed E-state index contributed by atoms with van der Waals surface area (Å²) >= 11 is 0. The predicted octanol–water partition coefficient (Wildman–Crippen LogP) is 3.08. The molecule has 4 aromatic rings. The number of benzene rings is 1. The van der Waals surface area contributed by atoms with Crippen LogP contribution in [-0.2, 0) is 17.8 Å². The minimum atomic E-state index is -0.565. The van der Waals surface area contributed by atoms with Crippen LogP contribution in [0.15, 0.2) is 52.2 Å². The van der Waals surface area contributed by atoms with E-state index in [0.717, 1.165) is 12.8 Å². The lowest BCUT2D eigenvalue weighted by Gasteiger charge is -2.15. The Hall–Kier alpha value is -4.08. The number of anilines is 1. The first-order valence-corrected chi connectivity index (χ1v) is 11.1. The number of fused-ring (bicyclic) bond motifs is 1. The number of aryl methyl sites for hydroxylation is 1. The number of carbonyl (C=O) groups is 1. The maximum absolute atomic E-state index is 14.5. The molecule has 3 heterocycles. The van der Waals surface area contributed by atoms with Crippen molar-refractivity contribution >= 4 is 22.8 Å². The summed E-state index contributed by atoms with van der Waals surface area (Å²) in [6, 6.07) is 9.84. The molecule has 34 heavy (non-hydrogen) atoms. The number of imidazole rings is 1. The largest absolute Gasteiger partial charge is 0.336 e. The smallest absolute Gasteiger partial charge is 0.330 e. The summed E-state index contributed by atoms with van der Waals surface area (Å²) in [6.45, 7) is 3.82. The lowest BCUT2D eigenvalue weighted by Crippen LogP contribution is -2.30. The van der Waals surface area contributed by atoms with E-state index in [1.54, 1.807) is 30.3 Å². The molecular formula is C24H25FN6O3. The van der Waals surface area contributed by atoms with Gasteiger partial charge in [0.1, 0.15) is 17.2 Å². The van der Waals surface area contributed by atoms with Gasteiger partial charge in [0, 0.05) is 13.5 Å². The minimum absolute atomic E-state index is 0.180. The first-order valence-electron chi connectivity index (χ1n) is 11.1. The van der Waals surface area contributed by atoms with Crippen LogP contribution in [0.4, 0.5) is 10.1 Å². The van der Waals surface area contributed by atoms with Gasteiger partial charge in [0.05, 0.1) is 23.5 Å². The fourth-order valence-electron chi connectivity index (χ4n) is 3.86. The zero-order valence-corrected chi connectivity index (χ0v) is 18.9. The minimum Gasteiger partial charge on any atom is -0.336 e. The molecule has 0 saturated heterocycles. The summed E-state index contributed by atoms with van der Waals surface area (Å²) < 4.78 is 16.0. The van der Waals surface area contributed by atoms with Crippen LogP contribution in [0.2, 0.25) is 0 Å². The molecule has 3 aromatic heterocycles. The molecule has 10 heteroatoms. The average molecular weight is 465 g/mol. The van der Waals surface area contributed by atoms with E-state index in [2.05, 4.69) is 25.3 Å². The fourth-order valence-corrected chi connectivity index (χ4v) is 3.86. The molecule has 1 atom stereocenters. The van der Waals surface area contributed by atoms with Gasteiger partial charge >= 0.3 is 5.69 Å². The Morgan fingerprint density at radius 2 is 1.97 bits per heavy atom. The van der Waals surface area contributed by atoms with Crippen molar-refractivity contribution < 1.29 is 9.18 Å². The number of amides is 1. The number of hydrogen-bond acceptors (Lipinski definition) is 5. The highest BCUT2D eigenvalue weighted by molar-refractivity contribution is 5.88. The van der Waals surface area contributed by atoms with E-state index in [1.807, 2.05) is 6.92 Å².